The van der Waals surface area contributed by atoms with Gasteiger partial charge in [-0.2, -0.15) is 0 Å². The predicted octanol–water partition coefficient (Wildman–Crippen LogP) is 3.09. The van der Waals surface area contributed by atoms with Crippen molar-refractivity contribution >= 4 is 17.5 Å². The van der Waals surface area contributed by atoms with E-state index in [0.717, 1.165) is 11.1 Å². The zero-order chi connectivity index (χ0) is 18.1. The Bertz CT molecular complexity index is 863. The van der Waals surface area contributed by atoms with Gasteiger partial charge in [0, 0.05) is 13.0 Å². The largest absolute Gasteiger partial charge is 0.372 e. The normalized spacial score (nSPS) is 21.6. The number of benzene rings is 2. The maximum atomic E-state index is 13.1. The van der Waals surface area contributed by atoms with Gasteiger partial charge in [-0.3, -0.25) is 9.59 Å². The summed E-state index contributed by atoms with van der Waals surface area (Å²) < 4.78 is 5.67. The molecule has 1 N–H and O–H groups in total. The maximum absolute atomic E-state index is 13.1. The highest BCUT2D eigenvalue weighted by molar-refractivity contribution is 6.10. The van der Waals surface area contributed by atoms with Gasteiger partial charge in [0.05, 0.1) is 24.0 Å². The molecule has 1 saturated heterocycles. The molecule has 5 nitrogen and oxygen atoms in total. The van der Waals surface area contributed by atoms with Gasteiger partial charge >= 0.3 is 0 Å². The number of carbonyl (C=O) groups excluding carboxylic acids is 2. The fourth-order valence-electron chi connectivity index (χ4n) is 3.61. The molecule has 2 heterocycles. The molecule has 2 unspecified atom stereocenters. The smallest absolute Gasteiger partial charge is 0.256 e. The van der Waals surface area contributed by atoms with Crippen LogP contribution in [0, 0.1) is 0 Å². The van der Waals surface area contributed by atoms with Gasteiger partial charge in [-0.25, -0.2) is 0 Å². The van der Waals surface area contributed by atoms with Crippen molar-refractivity contribution in [1.82, 2.24) is 4.90 Å². The Hall–Kier alpha value is -2.92. The first-order valence-corrected chi connectivity index (χ1v) is 8.71. The standard InChI is InChI=1S/C21H20N2O3/c1-2-10-26-16-12-19-20(24)22-18-9-8-15(14-6-4-3-5-7-14)11-17(18)21(25)23(19)13-16/h2-9,11,16,19H,1,10,12-13H2,(H,22,24). The van der Waals surface area contributed by atoms with E-state index in [2.05, 4.69) is 11.9 Å². The van der Waals surface area contributed by atoms with Crippen LogP contribution in [0.1, 0.15) is 16.8 Å². The van der Waals surface area contributed by atoms with E-state index in [9.17, 15) is 9.59 Å². The summed E-state index contributed by atoms with van der Waals surface area (Å²) in [5.41, 5.74) is 3.07. The number of anilines is 1. The molecule has 2 amide bonds. The maximum Gasteiger partial charge on any atom is 0.256 e. The third-order valence-electron chi connectivity index (χ3n) is 4.89. The van der Waals surface area contributed by atoms with Crippen LogP contribution in [0.2, 0.25) is 0 Å². The Morgan fingerprint density at radius 1 is 1.15 bits per heavy atom. The van der Waals surface area contributed by atoms with E-state index < -0.39 is 6.04 Å². The van der Waals surface area contributed by atoms with Crippen molar-refractivity contribution in [2.75, 3.05) is 18.5 Å². The lowest BCUT2D eigenvalue weighted by Crippen LogP contribution is -2.40. The topological polar surface area (TPSA) is 58.6 Å². The minimum absolute atomic E-state index is 0.133. The molecule has 0 spiro atoms. The first-order valence-electron chi connectivity index (χ1n) is 8.71. The number of fused-ring (bicyclic) bond motifs is 2. The monoisotopic (exact) mass is 348 g/mol. The van der Waals surface area contributed by atoms with Crippen molar-refractivity contribution in [3.8, 4) is 11.1 Å². The van der Waals surface area contributed by atoms with Gasteiger partial charge in [-0.1, -0.05) is 42.5 Å². The summed E-state index contributed by atoms with van der Waals surface area (Å²) in [4.78, 5) is 27.4. The lowest BCUT2D eigenvalue weighted by Gasteiger charge is -2.20. The molecular weight excluding hydrogens is 328 g/mol. The van der Waals surface area contributed by atoms with Crippen LogP contribution in [0.5, 0.6) is 0 Å². The van der Waals surface area contributed by atoms with Gasteiger partial charge in [-0.15, -0.1) is 6.58 Å². The average Bonchev–Trinajstić information content (AvgIpc) is 3.07. The second-order valence-corrected chi connectivity index (χ2v) is 6.57. The molecule has 1 fully saturated rings. The van der Waals surface area contributed by atoms with Crippen molar-refractivity contribution in [3.05, 3.63) is 66.7 Å². The number of amides is 2. The van der Waals surface area contributed by atoms with Crippen LogP contribution in [0.25, 0.3) is 11.1 Å². The quantitative estimate of drug-likeness (QED) is 0.864. The molecule has 26 heavy (non-hydrogen) atoms. The molecule has 132 valence electrons. The molecule has 4 rings (SSSR count). The number of nitrogens with one attached hydrogen (secondary N) is 1. The number of carbonyl (C=O) groups is 2. The highest BCUT2D eigenvalue weighted by Crippen LogP contribution is 2.32. The van der Waals surface area contributed by atoms with Crippen LogP contribution in [0.15, 0.2) is 61.2 Å². The molecular formula is C21H20N2O3. The summed E-state index contributed by atoms with van der Waals surface area (Å²) in [6, 6.07) is 15.0. The Kier molecular flexibility index (Phi) is 4.31. The van der Waals surface area contributed by atoms with Crippen LogP contribution < -0.4 is 5.32 Å². The number of ether oxygens (including phenoxy) is 1. The van der Waals surface area contributed by atoms with Gasteiger partial charge in [-0.05, 0) is 23.3 Å². The van der Waals surface area contributed by atoms with Gasteiger partial charge in [0.15, 0.2) is 0 Å². The van der Waals surface area contributed by atoms with Crippen molar-refractivity contribution in [1.29, 1.82) is 0 Å². The SMILES string of the molecule is C=CCOC1CC2C(=O)Nc3ccc(-c4ccccc4)cc3C(=O)N2C1. The molecule has 2 aliphatic heterocycles. The molecule has 2 aromatic carbocycles. The molecule has 5 heteroatoms. The van der Waals surface area contributed by atoms with Crippen LogP contribution in [-0.2, 0) is 9.53 Å². The summed E-state index contributed by atoms with van der Waals surface area (Å²) in [7, 11) is 0. The molecule has 2 aliphatic rings. The average molecular weight is 348 g/mol. The van der Waals surface area contributed by atoms with Crippen molar-refractivity contribution in [2.24, 2.45) is 0 Å². The summed E-state index contributed by atoms with van der Waals surface area (Å²) in [6.45, 7) is 4.47. The van der Waals surface area contributed by atoms with E-state index in [1.165, 1.54) is 0 Å². The third-order valence-corrected chi connectivity index (χ3v) is 4.89. The zero-order valence-electron chi connectivity index (χ0n) is 14.4. The van der Waals surface area contributed by atoms with E-state index in [-0.39, 0.29) is 17.9 Å². The summed E-state index contributed by atoms with van der Waals surface area (Å²) in [6.07, 6.45) is 2.03. The Labute approximate surface area is 152 Å². The van der Waals surface area contributed by atoms with Crippen molar-refractivity contribution < 1.29 is 14.3 Å². The highest BCUT2D eigenvalue weighted by Gasteiger charge is 2.43. The van der Waals surface area contributed by atoms with Crippen LogP contribution in [-0.4, -0.2) is 42.0 Å². The first-order chi connectivity index (χ1) is 12.7. The summed E-state index contributed by atoms with van der Waals surface area (Å²) >= 11 is 0. The van der Waals surface area contributed by atoms with Crippen LogP contribution >= 0.6 is 0 Å². The fraction of sp³-hybridized carbons (Fsp3) is 0.238. The molecule has 0 radical (unpaired) electrons. The highest BCUT2D eigenvalue weighted by atomic mass is 16.5. The van der Waals surface area contributed by atoms with Gasteiger partial charge in [0.1, 0.15) is 6.04 Å². The molecule has 0 saturated carbocycles. The molecule has 2 atom stereocenters. The number of hydrogen-bond donors (Lipinski definition) is 1. The Morgan fingerprint density at radius 2 is 1.96 bits per heavy atom. The molecule has 0 aliphatic carbocycles. The minimum atomic E-state index is -0.495. The fourth-order valence-corrected chi connectivity index (χ4v) is 3.61. The number of nitrogens with zero attached hydrogens (tertiary/aromatic N) is 1. The third kappa shape index (κ3) is 2.91. The van der Waals surface area contributed by atoms with E-state index in [4.69, 9.17) is 4.74 Å². The number of rotatable bonds is 4. The van der Waals surface area contributed by atoms with E-state index in [0.29, 0.717) is 30.8 Å². The van der Waals surface area contributed by atoms with Gasteiger partial charge < -0.3 is 15.0 Å². The summed E-state index contributed by atoms with van der Waals surface area (Å²) in [5.74, 6) is -0.292. The Balaban J connectivity index is 1.68. The number of hydrogen-bond acceptors (Lipinski definition) is 3. The Morgan fingerprint density at radius 3 is 2.73 bits per heavy atom. The second-order valence-electron chi connectivity index (χ2n) is 6.57. The molecule has 2 aromatic rings. The lowest BCUT2D eigenvalue weighted by atomic mass is 10.0. The van der Waals surface area contributed by atoms with E-state index in [1.54, 1.807) is 17.0 Å². The minimum Gasteiger partial charge on any atom is -0.372 e. The lowest BCUT2D eigenvalue weighted by molar-refractivity contribution is -0.119. The van der Waals surface area contributed by atoms with E-state index >= 15 is 0 Å². The van der Waals surface area contributed by atoms with Crippen LogP contribution in [0.4, 0.5) is 5.69 Å². The second kappa shape index (κ2) is 6.77. The predicted molar refractivity (Wildman–Crippen MR) is 99.9 cm³/mol. The molecule has 0 bridgehead atoms. The van der Waals surface area contributed by atoms with Gasteiger partial charge in [0.2, 0.25) is 5.91 Å². The van der Waals surface area contributed by atoms with Gasteiger partial charge in [0.25, 0.3) is 5.91 Å². The van der Waals surface area contributed by atoms with E-state index in [1.807, 2.05) is 42.5 Å². The van der Waals surface area contributed by atoms with Crippen molar-refractivity contribution in [2.45, 2.75) is 18.6 Å². The zero-order valence-corrected chi connectivity index (χ0v) is 14.4. The first kappa shape index (κ1) is 16.5. The molecule has 0 aromatic heterocycles. The van der Waals surface area contributed by atoms with Crippen molar-refractivity contribution in [3.63, 3.8) is 0 Å². The van der Waals surface area contributed by atoms with Crippen LogP contribution in [0.3, 0.4) is 0 Å². The summed E-state index contributed by atoms with van der Waals surface area (Å²) in [5, 5.41) is 2.90.